The Labute approximate surface area is 778 Å². The molecule has 0 bridgehead atoms. The zero-order valence-corrected chi connectivity index (χ0v) is 82.9. The molecule has 4 saturated heterocycles. The Kier molecular flexibility index (Phi) is 31.3. The highest BCUT2D eigenvalue weighted by molar-refractivity contribution is 5.85. The Morgan fingerprint density at radius 1 is 0.379 bits per heavy atom. The van der Waals surface area contributed by atoms with Crippen LogP contribution < -0.4 is 5.32 Å². The fraction of sp³-hybridized carbons (Fsp3) is 0.529. The molecule has 2 aromatic carbocycles. The molecule has 16 heterocycles. The number of amides is 4. The lowest BCUT2D eigenvalue weighted by Gasteiger charge is -2.32. The van der Waals surface area contributed by atoms with Gasteiger partial charge in [-0.1, -0.05) is 164 Å². The molecule has 18 rings (SSSR count). The van der Waals surface area contributed by atoms with E-state index in [2.05, 4.69) is 270 Å². The van der Waals surface area contributed by atoms with E-state index in [0.717, 1.165) is 173 Å². The van der Waals surface area contributed by atoms with Gasteiger partial charge < -0.3 is 61.8 Å². The molecule has 0 spiro atoms. The molecule has 30 nitrogen and oxygen atoms in total. The number of morpholine rings is 1. The standard InChI is InChI=1S/C17H25N5O.C17H24N4O.C16H22N4O2.C16H22N2O.C13H18N4O.C12H16N2.C11H15N3/c1-17(2,3)16-18-11-13-5-6-22(15(13)19-16)12-14(23)21-9-7-20(4)8-10-21;1-17(2,3)16-18-11-13-7-10-21(15(13)19-16)12-14(22)20-8-5-4-6-9-20;1-16(2,3)15-17-10-12-4-5-20(14(12)18-15)11-13(21)19-6-8-22-9-7-19;1-16(2,3)12-4-5-14-15(10-12)18(11-17-14)13-6-8-19-9-7-13;1-13(2,3)12-15-7-9-5-6-17(11(9)16-12)8-10(18)14-4;1-12(2,3)10-6-5-9-8-14(4)13-11(9)7-10;1-11(2,3)9-6-5-8-10(13-9)14(4)7-12-8/h5-6,11H,7-10,12H2,1-4H3;7,10-11H,4-6,8-9,12H2,1-3H3;4-5,10H,6-9,11H2,1-3H3;4-5,10-11,13H,6-9H2,1-3H3;5-7H,8H2,1-4H3,(H,14,18);5-8H,1-4H3;5-7H,1-4H3. The van der Waals surface area contributed by atoms with E-state index in [1.807, 2.05) is 149 Å². The first-order chi connectivity index (χ1) is 62.2. The van der Waals surface area contributed by atoms with E-state index in [1.165, 1.54) is 28.5 Å². The largest absolute Gasteiger partial charge is 0.381 e. The third-order valence-electron chi connectivity index (χ3n) is 24.0. The minimum absolute atomic E-state index is 0.0385. The first-order valence-corrected chi connectivity index (χ1v) is 46.5. The Bertz CT molecular complexity index is 6140. The number of nitrogens with zero attached hydrogens (tertiary/aromatic N) is 23. The summed E-state index contributed by atoms with van der Waals surface area (Å²) < 4.78 is 24.5. The first-order valence-electron chi connectivity index (χ1n) is 46.5. The van der Waals surface area contributed by atoms with Crippen molar-refractivity contribution in [3.8, 4) is 0 Å². The monoisotopic (exact) mass is 1800 g/mol. The molecular formula is C102H142N24O6. The van der Waals surface area contributed by atoms with Gasteiger partial charge in [0, 0.05) is 208 Å². The molecule has 0 radical (unpaired) electrons. The molecule has 4 aliphatic rings. The minimum atomic E-state index is -0.114. The van der Waals surface area contributed by atoms with Gasteiger partial charge in [-0.15, -0.1) is 0 Å². The quantitative estimate of drug-likeness (QED) is 0.140. The van der Waals surface area contributed by atoms with Crippen LogP contribution in [0.2, 0.25) is 0 Å². The predicted molar refractivity (Wildman–Crippen MR) is 525 cm³/mol. The van der Waals surface area contributed by atoms with Crippen molar-refractivity contribution in [2.75, 3.05) is 92.9 Å². The van der Waals surface area contributed by atoms with Crippen molar-refractivity contribution < 1.29 is 28.7 Å². The number of rotatable bonds is 9. The number of imidazole rings is 2. The number of piperidine rings is 1. The molecule has 0 unspecified atom stereocenters. The van der Waals surface area contributed by atoms with Crippen molar-refractivity contribution in [2.24, 2.45) is 14.1 Å². The van der Waals surface area contributed by atoms with E-state index in [9.17, 15) is 19.2 Å². The van der Waals surface area contributed by atoms with Crippen molar-refractivity contribution >= 4 is 101 Å². The van der Waals surface area contributed by atoms with Crippen molar-refractivity contribution in [1.29, 1.82) is 0 Å². The van der Waals surface area contributed by atoms with Crippen molar-refractivity contribution in [3.63, 3.8) is 0 Å². The van der Waals surface area contributed by atoms with Gasteiger partial charge in [-0.2, -0.15) is 5.10 Å². The normalized spacial score (nSPS) is 15.2. The number of likely N-dealkylation sites (tertiary alicyclic amines) is 1. The number of carbonyl (C=O) groups is 4. The van der Waals surface area contributed by atoms with Gasteiger partial charge in [-0.25, -0.2) is 54.8 Å². The van der Waals surface area contributed by atoms with Crippen molar-refractivity contribution in [3.05, 3.63) is 181 Å². The summed E-state index contributed by atoms with van der Waals surface area (Å²) in [5, 5.41) is 12.1. The lowest BCUT2D eigenvalue weighted by Crippen LogP contribution is -2.48. The lowest BCUT2D eigenvalue weighted by atomic mass is 9.87. The van der Waals surface area contributed by atoms with E-state index in [4.69, 9.17) is 9.47 Å². The van der Waals surface area contributed by atoms with Crippen LogP contribution in [0.5, 0.6) is 0 Å². The molecule has 132 heavy (non-hydrogen) atoms. The lowest BCUT2D eigenvalue weighted by molar-refractivity contribution is -0.136. The van der Waals surface area contributed by atoms with Gasteiger partial charge in [0.25, 0.3) is 0 Å². The third kappa shape index (κ3) is 25.7. The summed E-state index contributed by atoms with van der Waals surface area (Å²) in [6, 6.07) is 25.6. The Hall–Kier alpha value is -11.8. The van der Waals surface area contributed by atoms with Gasteiger partial charge in [0.2, 0.25) is 23.6 Å². The van der Waals surface area contributed by atoms with Crippen LogP contribution in [0, 0.1) is 0 Å². The summed E-state index contributed by atoms with van der Waals surface area (Å²) >= 11 is 0. The number of piperazine rings is 1. The highest BCUT2D eigenvalue weighted by Gasteiger charge is 2.29. The number of pyridine rings is 1. The molecule has 4 fully saturated rings. The maximum Gasteiger partial charge on any atom is 0.242 e. The van der Waals surface area contributed by atoms with Crippen molar-refractivity contribution in [1.82, 2.24) is 117 Å². The summed E-state index contributed by atoms with van der Waals surface area (Å²) in [5.41, 5.74) is 12.5. The van der Waals surface area contributed by atoms with Crippen LogP contribution >= 0.6 is 0 Å². The molecule has 4 aliphatic heterocycles. The predicted octanol–water partition coefficient (Wildman–Crippen LogP) is 16.1. The van der Waals surface area contributed by atoms with E-state index < -0.39 is 0 Å². The number of benzene rings is 2. The molecule has 0 atom stereocenters. The third-order valence-corrected chi connectivity index (χ3v) is 24.0. The number of hydrogen-bond acceptors (Lipinski definition) is 19. The molecule has 0 aliphatic carbocycles. The summed E-state index contributed by atoms with van der Waals surface area (Å²) in [6.07, 6.45) is 26.5. The van der Waals surface area contributed by atoms with Gasteiger partial charge in [-0.3, -0.25) is 23.9 Å². The van der Waals surface area contributed by atoms with E-state index in [1.54, 1.807) is 13.4 Å². The van der Waals surface area contributed by atoms with Crippen LogP contribution in [0.4, 0.5) is 0 Å². The second-order valence-electron chi connectivity index (χ2n) is 42.4. The van der Waals surface area contributed by atoms with Gasteiger partial charge in [-0.05, 0) is 116 Å². The molecule has 1 N–H and O–H groups in total. The highest BCUT2D eigenvalue weighted by Crippen LogP contribution is 2.33. The van der Waals surface area contributed by atoms with Crippen LogP contribution in [0.15, 0.2) is 141 Å². The number of aromatic nitrogens is 19. The average molecular weight is 1800 g/mol. The SMILES string of the molecule is CC(C)(C)c1ccc2ncn(C3CCOCC3)c2c1.CC(C)(C)c1ncc2ccn(CC(=O)N3CCCCC3)c2n1.CC(C)(C)c1ncc2ccn(CC(=O)N3CCOCC3)c2n1.CN1CCN(C(=O)Cn2ccc3cnc(C(C)(C)C)nc32)CC1.CNC(=O)Cn1ccc2cnc(C(C)(C)C)nc21.Cn1cc2ccc(C(C)(C)C)cc2n1.Cn1cnc2ccc(C(C)(C)C)nc21. The summed E-state index contributed by atoms with van der Waals surface area (Å²) in [7, 11) is 7.64. The fourth-order valence-corrected chi connectivity index (χ4v) is 15.6. The Morgan fingerprint density at radius 3 is 1.21 bits per heavy atom. The molecule has 706 valence electrons. The summed E-state index contributed by atoms with van der Waals surface area (Å²) in [5.74, 6) is 3.60. The van der Waals surface area contributed by atoms with Crippen LogP contribution in [0.1, 0.15) is 224 Å². The summed E-state index contributed by atoms with van der Waals surface area (Å²) in [6.45, 7) is 55.8. The van der Waals surface area contributed by atoms with Gasteiger partial charge in [0.05, 0.1) is 42.4 Å². The van der Waals surface area contributed by atoms with Crippen LogP contribution in [-0.4, -0.2) is 228 Å². The average Bonchev–Trinajstić information content (AvgIpc) is 1.64. The number of likely N-dealkylation sites (N-methyl/N-ethyl adjacent to an activating group) is 2. The second-order valence-corrected chi connectivity index (χ2v) is 42.4. The second kappa shape index (κ2) is 41.6. The van der Waals surface area contributed by atoms with Crippen molar-refractivity contribution in [2.45, 2.75) is 248 Å². The first kappa shape index (κ1) is 99.3. The van der Waals surface area contributed by atoms with E-state index >= 15 is 0 Å². The zero-order chi connectivity index (χ0) is 95.6. The molecule has 0 saturated carbocycles. The van der Waals surface area contributed by atoms with E-state index in [0.29, 0.717) is 52.0 Å². The maximum absolute atomic E-state index is 12.5. The number of fused-ring (bicyclic) bond motifs is 7. The molecule has 4 amide bonds. The van der Waals surface area contributed by atoms with Gasteiger partial charge >= 0.3 is 0 Å². The topological polar surface area (TPSA) is 301 Å². The molecule has 30 heteroatoms. The summed E-state index contributed by atoms with van der Waals surface area (Å²) in [4.78, 5) is 106. The molecule has 12 aromatic heterocycles. The number of nitrogens with one attached hydrogen (secondary N) is 1. The maximum atomic E-state index is 12.5. The molecule has 14 aromatic rings. The Morgan fingerprint density at radius 2 is 0.780 bits per heavy atom. The van der Waals surface area contributed by atoms with Crippen LogP contribution in [0.25, 0.3) is 77.2 Å². The number of ether oxygens (including phenoxy) is 2. The fourth-order valence-electron chi connectivity index (χ4n) is 15.6. The smallest absolute Gasteiger partial charge is 0.242 e. The van der Waals surface area contributed by atoms with Gasteiger partial charge in [0.1, 0.15) is 77.6 Å². The number of carbonyl (C=O) groups excluding carboxylic acids is 4. The van der Waals surface area contributed by atoms with E-state index in [-0.39, 0.29) is 68.1 Å². The minimum Gasteiger partial charge on any atom is -0.381 e. The van der Waals surface area contributed by atoms with Crippen LogP contribution in [-0.2, 0) is 107 Å². The van der Waals surface area contributed by atoms with Crippen LogP contribution in [0.3, 0.4) is 0 Å². The zero-order valence-electron chi connectivity index (χ0n) is 82.9. The number of hydrogen-bond donors (Lipinski definition) is 1. The highest BCUT2D eigenvalue weighted by atomic mass is 16.5. The number of aryl methyl sites for hydroxylation is 2. The Balaban J connectivity index is 0.000000140. The van der Waals surface area contributed by atoms with Gasteiger partial charge in [0.15, 0.2) is 5.65 Å². The molecular weight excluding hydrogens is 1660 g/mol.